The van der Waals surface area contributed by atoms with Crippen LogP contribution in [0, 0.1) is 0 Å². The largest absolute Gasteiger partial charge is 0.497 e. The van der Waals surface area contributed by atoms with Crippen LogP contribution < -0.4 is 4.74 Å². The van der Waals surface area contributed by atoms with E-state index in [1.165, 1.54) is 0 Å². The normalized spacial score (nSPS) is 10.4. The fourth-order valence-electron chi connectivity index (χ4n) is 1.65. The zero-order valence-electron chi connectivity index (χ0n) is 10.2. The van der Waals surface area contributed by atoms with Gasteiger partial charge in [0, 0.05) is 12.6 Å². The molecule has 0 amide bonds. The zero-order valence-corrected chi connectivity index (χ0v) is 10.9. The molecule has 0 N–H and O–H groups in total. The van der Waals surface area contributed by atoms with Crippen molar-refractivity contribution in [1.29, 1.82) is 0 Å². The molecule has 0 aliphatic rings. The highest BCUT2D eigenvalue weighted by Crippen LogP contribution is 2.15. The predicted octanol–water partition coefficient (Wildman–Crippen LogP) is 2.40. The van der Waals surface area contributed by atoms with E-state index in [2.05, 4.69) is 4.98 Å². The van der Waals surface area contributed by atoms with Crippen LogP contribution in [0.4, 0.5) is 0 Å². The summed E-state index contributed by atoms with van der Waals surface area (Å²) in [4.78, 5) is 16.3. The second kappa shape index (κ2) is 5.23. The lowest BCUT2D eigenvalue weighted by atomic mass is 10.1. The van der Waals surface area contributed by atoms with Crippen molar-refractivity contribution in [3.05, 3.63) is 47.5 Å². The van der Waals surface area contributed by atoms with Crippen molar-refractivity contribution in [2.45, 2.75) is 5.88 Å². The van der Waals surface area contributed by atoms with Gasteiger partial charge in [-0.05, 0) is 24.3 Å². The van der Waals surface area contributed by atoms with Crippen molar-refractivity contribution in [2.75, 3.05) is 7.11 Å². The molecule has 4 nitrogen and oxygen atoms in total. The van der Waals surface area contributed by atoms with Crippen LogP contribution in [-0.2, 0) is 12.9 Å². The number of rotatable bonds is 4. The lowest BCUT2D eigenvalue weighted by molar-refractivity contribution is 0.102. The first-order valence-electron chi connectivity index (χ1n) is 5.42. The maximum absolute atomic E-state index is 12.2. The number of nitrogens with zero attached hydrogens (tertiary/aromatic N) is 2. The number of ether oxygens (including phenoxy) is 1. The third-order valence-corrected chi connectivity index (χ3v) is 3.05. The van der Waals surface area contributed by atoms with Crippen LogP contribution in [-0.4, -0.2) is 22.4 Å². The van der Waals surface area contributed by atoms with Crippen LogP contribution >= 0.6 is 11.6 Å². The minimum absolute atomic E-state index is 0.128. The van der Waals surface area contributed by atoms with Crippen molar-refractivity contribution < 1.29 is 9.53 Å². The molecule has 1 aromatic heterocycles. The minimum Gasteiger partial charge on any atom is -0.497 e. The molecule has 94 valence electrons. The van der Waals surface area contributed by atoms with Crippen LogP contribution in [0.25, 0.3) is 0 Å². The second-order valence-corrected chi connectivity index (χ2v) is 4.09. The Hall–Kier alpha value is -1.81. The molecule has 0 bridgehead atoms. The number of hydrogen-bond acceptors (Lipinski definition) is 3. The number of aromatic nitrogens is 2. The van der Waals surface area contributed by atoms with Gasteiger partial charge < -0.3 is 9.30 Å². The standard InChI is InChI=1S/C13H13ClN2O2/c1-16-10(7-14)8-15-13(16)12(17)9-3-5-11(18-2)6-4-9/h3-6,8H,7H2,1-2H3. The number of carbonyl (C=O) groups excluding carboxylic acids is 1. The molecule has 0 saturated carbocycles. The molecule has 2 rings (SSSR count). The molecule has 2 aromatic rings. The highest BCUT2D eigenvalue weighted by Gasteiger charge is 2.16. The Morgan fingerprint density at radius 1 is 1.39 bits per heavy atom. The lowest BCUT2D eigenvalue weighted by Crippen LogP contribution is -2.10. The van der Waals surface area contributed by atoms with Crippen LogP contribution in [0.15, 0.2) is 30.5 Å². The highest BCUT2D eigenvalue weighted by molar-refractivity contribution is 6.17. The summed E-state index contributed by atoms with van der Waals surface area (Å²) in [7, 11) is 3.36. The van der Waals surface area contributed by atoms with E-state index in [1.54, 1.807) is 49.2 Å². The SMILES string of the molecule is COc1ccc(C(=O)c2ncc(CCl)n2C)cc1. The van der Waals surface area contributed by atoms with Crippen LogP contribution in [0.2, 0.25) is 0 Å². The van der Waals surface area contributed by atoms with Gasteiger partial charge >= 0.3 is 0 Å². The van der Waals surface area contributed by atoms with Gasteiger partial charge in [-0.1, -0.05) is 0 Å². The van der Waals surface area contributed by atoms with Crippen molar-refractivity contribution >= 4 is 17.4 Å². The Labute approximate surface area is 110 Å². The quantitative estimate of drug-likeness (QED) is 0.629. The van der Waals surface area contributed by atoms with Crippen LogP contribution in [0.3, 0.4) is 0 Å². The molecule has 1 heterocycles. The summed E-state index contributed by atoms with van der Waals surface area (Å²) in [6.07, 6.45) is 1.61. The number of imidazole rings is 1. The van der Waals surface area contributed by atoms with E-state index in [0.717, 1.165) is 5.69 Å². The number of carbonyl (C=O) groups is 1. The first kappa shape index (κ1) is 12.6. The molecule has 0 radical (unpaired) electrons. The van der Waals surface area contributed by atoms with E-state index < -0.39 is 0 Å². The first-order chi connectivity index (χ1) is 8.67. The average Bonchev–Trinajstić information content (AvgIpc) is 2.79. The first-order valence-corrected chi connectivity index (χ1v) is 5.96. The summed E-state index contributed by atoms with van der Waals surface area (Å²) in [5.41, 5.74) is 1.39. The molecule has 0 unspecified atom stereocenters. The predicted molar refractivity (Wildman–Crippen MR) is 69.2 cm³/mol. The van der Waals surface area contributed by atoms with Gasteiger partial charge in [0.05, 0.1) is 24.9 Å². The summed E-state index contributed by atoms with van der Waals surface area (Å²) in [5.74, 6) is 1.31. The number of benzene rings is 1. The Morgan fingerprint density at radius 2 is 2.06 bits per heavy atom. The monoisotopic (exact) mass is 264 g/mol. The Morgan fingerprint density at radius 3 is 2.56 bits per heavy atom. The van der Waals surface area contributed by atoms with Crippen molar-refractivity contribution in [1.82, 2.24) is 9.55 Å². The van der Waals surface area contributed by atoms with Gasteiger partial charge in [-0.15, -0.1) is 11.6 Å². The Balaban J connectivity index is 2.32. The maximum Gasteiger partial charge on any atom is 0.228 e. The van der Waals surface area contributed by atoms with Gasteiger partial charge in [-0.3, -0.25) is 4.79 Å². The molecular formula is C13H13ClN2O2. The molecule has 0 aliphatic heterocycles. The van der Waals surface area contributed by atoms with Crippen molar-refractivity contribution in [2.24, 2.45) is 7.05 Å². The molecule has 5 heteroatoms. The maximum atomic E-state index is 12.2. The third-order valence-electron chi connectivity index (χ3n) is 2.78. The van der Waals surface area contributed by atoms with E-state index in [4.69, 9.17) is 16.3 Å². The molecule has 0 aliphatic carbocycles. The van der Waals surface area contributed by atoms with Crippen molar-refractivity contribution in [3.63, 3.8) is 0 Å². The van der Waals surface area contributed by atoms with Gasteiger partial charge in [-0.2, -0.15) is 0 Å². The fraction of sp³-hybridized carbons (Fsp3) is 0.231. The summed E-state index contributed by atoms with van der Waals surface area (Å²) in [6.45, 7) is 0. The third kappa shape index (κ3) is 2.24. The Bertz CT molecular complexity index is 561. The average molecular weight is 265 g/mol. The van der Waals surface area contributed by atoms with E-state index in [1.807, 2.05) is 0 Å². The summed E-state index contributed by atoms with van der Waals surface area (Å²) >= 11 is 5.75. The van der Waals surface area contributed by atoms with Crippen LogP contribution in [0.5, 0.6) is 5.75 Å². The van der Waals surface area contributed by atoms with Crippen molar-refractivity contribution in [3.8, 4) is 5.75 Å². The van der Waals surface area contributed by atoms with Gasteiger partial charge in [0.15, 0.2) is 5.82 Å². The highest BCUT2D eigenvalue weighted by atomic mass is 35.5. The minimum atomic E-state index is -0.128. The number of ketones is 1. The van der Waals surface area contributed by atoms with Gasteiger partial charge in [-0.25, -0.2) is 4.98 Å². The summed E-state index contributed by atoms with van der Waals surface area (Å²) in [6, 6.07) is 6.93. The van der Waals surface area contributed by atoms with E-state index in [9.17, 15) is 4.79 Å². The van der Waals surface area contributed by atoms with Gasteiger partial charge in [0.1, 0.15) is 5.75 Å². The molecule has 0 fully saturated rings. The fourth-order valence-corrected chi connectivity index (χ4v) is 1.90. The molecular weight excluding hydrogens is 252 g/mol. The second-order valence-electron chi connectivity index (χ2n) is 3.82. The lowest BCUT2D eigenvalue weighted by Gasteiger charge is -2.04. The zero-order chi connectivity index (χ0) is 13.1. The molecule has 1 aromatic carbocycles. The topological polar surface area (TPSA) is 44.1 Å². The summed E-state index contributed by atoms with van der Waals surface area (Å²) in [5, 5.41) is 0. The van der Waals surface area contributed by atoms with E-state index in [-0.39, 0.29) is 5.78 Å². The number of methoxy groups -OCH3 is 1. The van der Waals surface area contributed by atoms with E-state index >= 15 is 0 Å². The molecule has 0 spiro atoms. The van der Waals surface area contributed by atoms with Gasteiger partial charge in [0.2, 0.25) is 5.78 Å². The number of alkyl halides is 1. The summed E-state index contributed by atoms with van der Waals surface area (Å²) < 4.78 is 6.76. The number of hydrogen-bond donors (Lipinski definition) is 0. The Kier molecular flexibility index (Phi) is 3.67. The van der Waals surface area contributed by atoms with Gasteiger partial charge in [0.25, 0.3) is 0 Å². The van der Waals surface area contributed by atoms with E-state index in [0.29, 0.717) is 23.0 Å². The smallest absolute Gasteiger partial charge is 0.228 e. The van der Waals surface area contributed by atoms with Crippen LogP contribution in [0.1, 0.15) is 21.9 Å². The number of halogens is 1. The molecule has 0 saturated heterocycles. The molecule has 0 atom stereocenters. The molecule has 18 heavy (non-hydrogen) atoms.